The van der Waals surface area contributed by atoms with E-state index in [4.69, 9.17) is 0 Å². The standard InChI is InChI=1S/C7H14N2.C5H8O2.2CH5N.2CH4/c1-8-6-4-3-5-7-9-2;6-4-2-1-3-5-7;2*1-2;;/h6-7H,3-5H2,1-2H3;4-5H,1-3H2;2*2H2,1H3;2*1H4. The summed E-state index contributed by atoms with van der Waals surface area (Å²) in [6.45, 7) is 0. The molecular formula is C16H40N4O2. The Morgan fingerprint density at radius 1 is 0.682 bits per heavy atom. The van der Waals surface area contributed by atoms with Crippen LogP contribution in [0.4, 0.5) is 0 Å². The number of aliphatic imine (C=N–C) groups is 2. The smallest absolute Gasteiger partial charge is 0.120 e. The number of carbonyl (C=O) groups excluding carboxylic acids is 2. The van der Waals surface area contributed by atoms with E-state index in [2.05, 4.69) is 21.5 Å². The van der Waals surface area contributed by atoms with Crippen molar-refractivity contribution in [2.75, 3.05) is 28.2 Å². The van der Waals surface area contributed by atoms with Gasteiger partial charge in [0, 0.05) is 26.9 Å². The molecule has 0 aromatic heterocycles. The van der Waals surface area contributed by atoms with Gasteiger partial charge in [-0.15, -0.1) is 0 Å². The van der Waals surface area contributed by atoms with Crippen molar-refractivity contribution in [3.05, 3.63) is 0 Å². The maximum atomic E-state index is 9.56. The maximum absolute atomic E-state index is 9.56. The first-order chi connectivity index (χ1) is 9.83. The van der Waals surface area contributed by atoms with Crippen LogP contribution in [0, 0.1) is 0 Å². The molecule has 0 spiro atoms. The van der Waals surface area contributed by atoms with Crippen LogP contribution in [-0.4, -0.2) is 53.2 Å². The number of hydrogen-bond acceptors (Lipinski definition) is 6. The van der Waals surface area contributed by atoms with Gasteiger partial charge in [-0.05, 0) is 52.2 Å². The summed E-state index contributed by atoms with van der Waals surface area (Å²) in [6.07, 6.45) is 10.5. The van der Waals surface area contributed by atoms with Crippen molar-refractivity contribution in [1.82, 2.24) is 0 Å². The summed E-state index contributed by atoms with van der Waals surface area (Å²) in [5.74, 6) is 0. The predicted octanol–water partition coefficient (Wildman–Crippen LogP) is 2.53. The number of rotatable bonds is 8. The summed E-state index contributed by atoms with van der Waals surface area (Å²) < 4.78 is 0. The van der Waals surface area contributed by atoms with Crippen molar-refractivity contribution in [1.29, 1.82) is 0 Å². The quantitative estimate of drug-likeness (QED) is 0.406. The second kappa shape index (κ2) is 60.3. The highest BCUT2D eigenvalue weighted by molar-refractivity contribution is 5.60. The van der Waals surface area contributed by atoms with Crippen molar-refractivity contribution in [2.45, 2.75) is 53.4 Å². The third-order valence-electron chi connectivity index (χ3n) is 1.68. The van der Waals surface area contributed by atoms with Crippen molar-refractivity contribution >= 4 is 25.0 Å². The van der Waals surface area contributed by atoms with E-state index in [0.29, 0.717) is 19.3 Å². The van der Waals surface area contributed by atoms with Crippen LogP contribution in [0.3, 0.4) is 0 Å². The Morgan fingerprint density at radius 3 is 1.18 bits per heavy atom. The molecule has 6 heteroatoms. The first kappa shape index (κ1) is 37.1. The minimum Gasteiger partial charge on any atom is -0.333 e. The number of nitrogens with two attached hydrogens (primary N) is 2. The monoisotopic (exact) mass is 320 g/mol. The zero-order valence-electron chi connectivity index (χ0n) is 13.4. The van der Waals surface area contributed by atoms with Crippen LogP contribution < -0.4 is 11.5 Å². The van der Waals surface area contributed by atoms with Gasteiger partial charge in [0.1, 0.15) is 12.6 Å². The maximum Gasteiger partial charge on any atom is 0.120 e. The third kappa shape index (κ3) is 77.9. The predicted molar refractivity (Wildman–Crippen MR) is 102 cm³/mol. The number of carbonyl (C=O) groups is 2. The first-order valence-corrected chi connectivity index (χ1v) is 6.67. The number of nitrogens with zero attached hydrogens (tertiary/aromatic N) is 2. The number of aldehydes is 2. The van der Waals surface area contributed by atoms with Crippen LogP contribution in [0.2, 0.25) is 0 Å². The Kier molecular flexibility index (Phi) is 102. The normalized spacial score (nSPS) is 7.91. The third-order valence-corrected chi connectivity index (χ3v) is 1.68. The lowest BCUT2D eigenvalue weighted by Crippen LogP contribution is -1.78. The molecule has 22 heavy (non-hydrogen) atoms. The molecule has 4 N–H and O–H groups in total. The van der Waals surface area contributed by atoms with Crippen molar-refractivity contribution in [3.8, 4) is 0 Å². The molecule has 0 atom stereocenters. The molecule has 0 aliphatic heterocycles. The van der Waals surface area contributed by atoms with Gasteiger partial charge in [-0.2, -0.15) is 0 Å². The van der Waals surface area contributed by atoms with Gasteiger partial charge < -0.3 is 31.0 Å². The van der Waals surface area contributed by atoms with Gasteiger partial charge in [-0.3, -0.25) is 0 Å². The van der Waals surface area contributed by atoms with Crippen LogP contribution >= 0.6 is 0 Å². The first-order valence-electron chi connectivity index (χ1n) is 6.67. The Labute approximate surface area is 138 Å². The molecule has 136 valence electrons. The summed E-state index contributed by atoms with van der Waals surface area (Å²) >= 11 is 0. The van der Waals surface area contributed by atoms with E-state index in [1.54, 1.807) is 14.1 Å². The molecule has 0 bridgehead atoms. The van der Waals surface area contributed by atoms with Gasteiger partial charge >= 0.3 is 0 Å². The molecule has 0 radical (unpaired) electrons. The fourth-order valence-corrected chi connectivity index (χ4v) is 0.843. The Morgan fingerprint density at radius 2 is 0.955 bits per heavy atom. The summed E-state index contributed by atoms with van der Waals surface area (Å²) in [4.78, 5) is 26.9. The van der Waals surface area contributed by atoms with Crippen LogP contribution in [0.25, 0.3) is 0 Å². The number of hydrogen-bond donors (Lipinski definition) is 2. The van der Waals surface area contributed by atoms with Crippen LogP contribution in [-0.2, 0) is 9.59 Å². The minimum atomic E-state index is 0. The van der Waals surface area contributed by atoms with Gasteiger partial charge in [0.15, 0.2) is 0 Å². The molecule has 0 saturated carbocycles. The molecule has 0 unspecified atom stereocenters. The van der Waals surface area contributed by atoms with Gasteiger partial charge in [-0.25, -0.2) is 0 Å². The SMILES string of the molecule is C.C.CN.CN.CN=CCCCC=NC.O=CCCCC=O. The van der Waals surface area contributed by atoms with Crippen LogP contribution in [0.15, 0.2) is 9.98 Å². The lowest BCUT2D eigenvalue weighted by molar-refractivity contribution is -0.108. The zero-order valence-corrected chi connectivity index (χ0v) is 13.4. The topological polar surface area (TPSA) is 111 Å². The molecule has 0 aliphatic carbocycles. The highest BCUT2D eigenvalue weighted by atomic mass is 16.1. The van der Waals surface area contributed by atoms with Crippen molar-refractivity contribution in [3.63, 3.8) is 0 Å². The molecule has 0 aromatic rings. The molecule has 0 heterocycles. The van der Waals surface area contributed by atoms with E-state index in [1.807, 2.05) is 12.4 Å². The average Bonchev–Trinajstić information content (AvgIpc) is 2.52. The van der Waals surface area contributed by atoms with Gasteiger partial charge in [0.2, 0.25) is 0 Å². The molecule has 0 aromatic carbocycles. The molecule has 0 fully saturated rings. The zero-order chi connectivity index (χ0) is 16.5. The van der Waals surface area contributed by atoms with Crippen LogP contribution in [0.1, 0.15) is 53.4 Å². The molecule has 0 rings (SSSR count). The second-order valence-electron chi connectivity index (χ2n) is 3.08. The number of unbranched alkanes of at least 4 members (excludes halogenated alkanes) is 4. The Bertz CT molecular complexity index is 188. The van der Waals surface area contributed by atoms with Gasteiger partial charge in [0.25, 0.3) is 0 Å². The lowest BCUT2D eigenvalue weighted by atomic mass is 10.3. The van der Waals surface area contributed by atoms with E-state index in [0.717, 1.165) is 31.8 Å². The van der Waals surface area contributed by atoms with Crippen molar-refractivity contribution < 1.29 is 9.59 Å². The average molecular weight is 321 g/mol. The summed E-state index contributed by atoms with van der Waals surface area (Å²) in [7, 11) is 6.60. The van der Waals surface area contributed by atoms with Gasteiger partial charge in [0.05, 0.1) is 0 Å². The molecule has 6 nitrogen and oxygen atoms in total. The molecular weight excluding hydrogens is 280 g/mol. The fourth-order valence-electron chi connectivity index (χ4n) is 0.843. The van der Waals surface area contributed by atoms with E-state index < -0.39 is 0 Å². The fraction of sp³-hybridized carbons (Fsp3) is 0.750. The highest BCUT2D eigenvalue weighted by Gasteiger charge is 1.80. The van der Waals surface area contributed by atoms with Crippen molar-refractivity contribution in [2.24, 2.45) is 21.5 Å². The largest absolute Gasteiger partial charge is 0.333 e. The molecule has 0 saturated heterocycles. The summed E-state index contributed by atoms with van der Waals surface area (Å²) in [5, 5.41) is 0. The van der Waals surface area contributed by atoms with E-state index in [9.17, 15) is 9.59 Å². The van der Waals surface area contributed by atoms with E-state index >= 15 is 0 Å². The summed E-state index contributed by atoms with van der Waals surface area (Å²) in [5.41, 5.74) is 9.00. The van der Waals surface area contributed by atoms with Crippen LogP contribution in [0.5, 0.6) is 0 Å². The lowest BCUT2D eigenvalue weighted by Gasteiger charge is -1.85. The summed E-state index contributed by atoms with van der Waals surface area (Å²) in [6, 6.07) is 0. The minimum absolute atomic E-state index is 0. The highest BCUT2D eigenvalue weighted by Crippen LogP contribution is 1.88. The Hall–Kier alpha value is -1.40. The Balaban J connectivity index is -0.0000000446. The second-order valence-corrected chi connectivity index (χ2v) is 3.08. The van der Waals surface area contributed by atoms with Gasteiger partial charge in [-0.1, -0.05) is 14.9 Å². The molecule has 0 amide bonds. The van der Waals surface area contributed by atoms with E-state index in [1.165, 1.54) is 14.1 Å². The molecule has 0 aliphatic rings. The van der Waals surface area contributed by atoms with E-state index in [-0.39, 0.29) is 14.9 Å².